The first kappa shape index (κ1) is 19.7. The molecule has 0 saturated heterocycles. The summed E-state index contributed by atoms with van der Waals surface area (Å²) in [4.78, 5) is 27.6. The molecule has 1 aromatic carbocycles. The van der Waals surface area contributed by atoms with E-state index in [0.717, 1.165) is 18.3 Å². The molecule has 0 amide bonds. The number of aromatic nitrogens is 2. The zero-order valence-electron chi connectivity index (χ0n) is 14.4. The van der Waals surface area contributed by atoms with Crippen molar-refractivity contribution < 1.29 is 23.4 Å². The molecule has 0 radical (unpaired) electrons. The monoisotopic (exact) mass is 450 g/mol. The van der Waals surface area contributed by atoms with Crippen molar-refractivity contribution in [2.75, 3.05) is 0 Å². The number of rotatable bonds is 5. The number of hydrogen-bond acceptors (Lipinski definition) is 4. The van der Waals surface area contributed by atoms with Gasteiger partial charge >= 0.3 is 5.97 Å². The zero-order valence-corrected chi connectivity index (χ0v) is 16.0. The third kappa shape index (κ3) is 3.94. The normalized spacial score (nSPS) is 10.7. The van der Waals surface area contributed by atoms with E-state index in [1.165, 1.54) is 29.0 Å². The van der Waals surface area contributed by atoms with Crippen molar-refractivity contribution in [3.63, 3.8) is 0 Å². The number of nitrogens with zero attached hydrogens (tertiary/aromatic N) is 2. The van der Waals surface area contributed by atoms with Crippen LogP contribution in [0, 0.1) is 18.6 Å². The van der Waals surface area contributed by atoms with Crippen LogP contribution in [-0.2, 0) is 6.61 Å². The summed E-state index contributed by atoms with van der Waals surface area (Å²) < 4.78 is 33.7. The summed E-state index contributed by atoms with van der Waals surface area (Å²) >= 11 is 3.19. The van der Waals surface area contributed by atoms with Crippen LogP contribution in [0.5, 0.6) is 5.75 Å². The van der Waals surface area contributed by atoms with Gasteiger partial charge in [-0.1, -0.05) is 0 Å². The number of benzene rings is 1. The van der Waals surface area contributed by atoms with Crippen LogP contribution in [0.1, 0.15) is 21.5 Å². The summed E-state index contributed by atoms with van der Waals surface area (Å²) in [5.41, 5.74) is 0.200. The van der Waals surface area contributed by atoms with Crippen molar-refractivity contribution in [2.24, 2.45) is 0 Å². The highest BCUT2D eigenvalue weighted by Crippen LogP contribution is 2.27. The first-order chi connectivity index (χ1) is 13.3. The van der Waals surface area contributed by atoms with Crippen molar-refractivity contribution in [3.05, 3.63) is 85.9 Å². The van der Waals surface area contributed by atoms with Crippen LogP contribution >= 0.6 is 15.9 Å². The molecule has 9 heteroatoms. The molecule has 0 bridgehead atoms. The van der Waals surface area contributed by atoms with Gasteiger partial charge in [-0.3, -0.25) is 9.36 Å². The van der Waals surface area contributed by atoms with E-state index in [4.69, 9.17) is 9.84 Å². The molecule has 0 saturated carbocycles. The molecule has 0 unspecified atom stereocenters. The SMILES string of the molecule is Cc1cn(-c2ccc(C(=O)O)cn2)c(=O)c(Br)c1OCc1ccc(F)cc1F. The predicted octanol–water partition coefficient (Wildman–Crippen LogP) is 3.86. The molecule has 6 nitrogen and oxygen atoms in total. The molecule has 0 aliphatic carbocycles. The topological polar surface area (TPSA) is 81.4 Å². The summed E-state index contributed by atoms with van der Waals surface area (Å²) in [6, 6.07) is 5.88. The first-order valence-corrected chi connectivity index (χ1v) is 8.75. The molecule has 0 aliphatic rings. The summed E-state index contributed by atoms with van der Waals surface area (Å²) in [5.74, 6) is -2.12. The molecule has 28 heavy (non-hydrogen) atoms. The summed E-state index contributed by atoms with van der Waals surface area (Å²) in [6.07, 6.45) is 2.63. The van der Waals surface area contributed by atoms with E-state index in [9.17, 15) is 18.4 Å². The van der Waals surface area contributed by atoms with E-state index < -0.39 is 23.2 Å². The van der Waals surface area contributed by atoms with Crippen molar-refractivity contribution in [3.8, 4) is 11.6 Å². The molecule has 0 aliphatic heterocycles. The van der Waals surface area contributed by atoms with E-state index in [1.807, 2.05) is 0 Å². The Morgan fingerprint density at radius 1 is 1.29 bits per heavy atom. The van der Waals surface area contributed by atoms with Gasteiger partial charge in [0.2, 0.25) is 0 Å². The summed E-state index contributed by atoms with van der Waals surface area (Å²) in [6.45, 7) is 1.49. The molecular weight excluding hydrogens is 438 g/mol. The summed E-state index contributed by atoms with van der Waals surface area (Å²) in [5, 5.41) is 8.93. The number of carboxylic acids is 1. The lowest BCUT2D eigenvalue weighted by molar-refractivity contribution is 0.0696. The number of halogens is 3. The van der Waals surface area contributed by atoms with Crippen LogP contribution in [0.4, 0.5) is 8.78 Å². The fourth-order valence-corrected chi connectivity index (χ4v) is 3.10. The molecular formula is C19H13BrF2N2O4. The van der Waals surface area contributed by atoms with E-state index in [2.05, 4.69) is 20.9 Å². The van der Waals surface area contributed by atoms with Crippen molar-refractivity contribution in [2.45, 2.75) is 13.5 Å². The number of aryl methyl sites for hydroxylation is 1. The number of carbonyl (C=O) groups is 1. The third-order valence-electron chi connectivity index (χ3n) is 3.92. The van der Waals surface area contributed by atoms with Crippen LogP contribution in [0.3, 0.4) is 0 Å². The largest absolute Gasteiger partial charge is 0.487 e. The van der Waals surface area contributed by atoms with Gasteiger partial charge in [-0.25, -0.2) is 18.6 Å². The van der Waals surface area contributed by atoms with Crippen LogP contribution in [0.2, 0.25) is 0 Å². The Kier molecular flexibility index (Phi) is 5.55. The maximum Gasteiger partial charge on any atom is 0.337 e. The van der Waals surface area contributed by atoms with Crippen LogP contribution < -0.4 is 10.3 Å². The quantitative estimate of drug-likeness (QED) is 0.638. The predicted molar refractivity (Wildman–Crippen MR) is 99.9 cm³/mol. The third-order valence-corrected chi connectivity index (χ3v) is 4.61. The number of hydrogen-bond donors (Lipinski definition) is 1. The number of ether oxygens (including phenoxy) is 1. The van der Waals surface area contributed by atoms with Crippen LogP contribution in [0.25, 0.3) is 5.82 Å². The van der Waals surface area contributed by atoms with Gasteiger partial charge < -0.3 is 9.84 Å². The second-order valence-electron chi connectivity index (χ2n) is 5.87. The Balaban J connectivity index is 1.92. The second kappa shape index (κ2) is 7.89. The van der Waals surface area contributed by atoms with Gasteiger partial charge in [-0.2, -0.15) is 0 Å². The number of aromatic carboxylic acids is 1. The molecule has 2 aromatic heterocycles. The molecule has 0 spiro atoms. The minimum Gasteiger partial charge on any atom is -0.487 e. The average molecular weight is 451 g/mol. The Morgan fingerprint density at radius 2 is 2.04 bits per heavy atom. The Labute approximate surface area is 166 Å². The molecule has 2 heterocycles. The van der Waals surface area contributed by atoms with Crippen LogP contribution in [-0.4, -0.2) is 20.6 Å². The van der Waals surface area contributed by atoms with Crippen molar-refractivity contribution in [1.29, 1.82) is 0 Å². The van der Waals surface area contributed by atoms with Gasteiger partial charge in [-0.15, -0.1) is 0 Å². The highest BCUT2D eigenvalue weighted by molar-refractivity contribution is 9.10. The maximum atomic E-state index is 13.8. The average Bonchev–Trinajstić information content (AvgIpc) is 2.66. The van der Waals surface area contributed by atoms with Gasteiger partial charge in [0.05, 0.1) is 5.56 Å². The molecule has 144 valence electrons. The zero-order chi connectivity index (χ0) is 20.4. The first-order valence-electron chi connectivity index (χ1n) is 7.96. The fraction of sp³-hybridized carbons (Fsp3) is 0.105. The fourth-order valence-electron chi connectivity index (χ4n) is 2.48. The Bertz CT molecular complexity index is 1110. The smallest absolute Gasteiger partial charge is 0.337 e. The lowest BCUT2D eigenvalue weighted by Crippen LogP contribution is -2.21. The molecule has 0 atom stereocenters. The number of carboxylic acid groups (broad SMARTS) is 1. The van der Waals surface area contributed by atoms with Gasteiger partial charge in [0.15, 0.2) is 0 Å². The minimum absolute atomic E-state index is 0.00568. The molecule has 3 aromatic rings. The highest BCUT2D eigenvalue weighted by Gasteiger charge is 2.16. The van der Waals surface area contributed by atoms with Gasteiger partial charge in [0, 0.05) is 29.6 Å². The highest BCUT2D eigenvalue weighted by atomic mass is 79.9. The van der Waals surface area contributed by atoms with Crippen LogP contribution in [0.15, 0.2) is 52.0 Å². The maximum absolute atomic E-state index is 13.8. The molecule has 3 rings (SSSR count). The van der Waals surface area contributed by atoms with Crippen molar-refractivity contribution in [1.82, 2.24) is 9.55 Å². The van der Waals surface area contributed by atoms with E-state index in [-0.39, 0.29) is 33.8 Å². The minimum atomic E-state index is -1.12. The number of pyridine rings is 2. The second-order valence-corrected chi connectivity index (χ2v) is 6.66. The lowest BCUT2D eigenvalue weighted by atomic mass is 10.2. The van der Waals surface area contributed by atoms with E-state index >= 15 is 0 Å². The van der Waals surface area contributed by atoms with Gasteiger partial charge in [0.25, 0.3) is 5.56 Å². The Morgan fingerprint density at radius 3 is 2.64 bits per heavy atom. The standard InChI is InChI=1S/C19H13BrF2N2O4/c1-10-8-24(15-5-3-11(7-23-15)19(26)27)18(25)16(20)17(10)28-9-12-2-4-13(21)6-14(12)22/h2-8H,9H2,1H3,(H,26,27). The molecule has 1 N–H and O–H groups in total. The lowest BCUT2D eigenvalue weighted by Gasteiger charge is -2.14. The summed E-state index contributed by atoms with van der Waals surface area (Å²) in [7, 11) is 0. The van der Waals surface area contributed by atoms with Crippen molar-refractivity contribution >= 4 is 21.9 Å². The van der Waals surface area contributed by atoms with Gasteiger partial charge in [-0.05, 0) is 47.1 Å². The van der Waals surface area contributed by atoms with E-state index in [0.29, 0.717) is 5.56 Å². The van der Waals surface area contributed by atoms with E-state index in [1.54, 1.807) is 6.92 Å². The van der Waals surface area contributed by atoms with Gasteiger partial charge in [0.1, 0.15) is 34.3 Å². The molecule has 0 fully saturated rings. The Hall–Kier alpha value is -3.07.